The summed E-state index contributed by atoms with van der Waals surface area (Å²) < 4.78 is 47.5. The van der Waals surface area contributed by atoms with E-state index in [4.69, 9.17) is 14.7 Å². The number of carboxylic acids is 1. The summed E-state index contributed by atoms with van der Waals surface area (Å²) in [6.45, 7) is 2.40. The van der Waals surface area contributed by atoms with Crippen LogP contribution in [0.1, 0.15) is 29.2 Å². The Morgan fingerprint density at radius 2 is 1.76 bits per heavy atom. The fourth-order valence-corrected chi connectivity index (χ4v) is 4.02. The summed E-state index contributed by atoms with van der Waals surface area (Å²) in [4.78, 5) is 16.4. The van der Waals surface area contributed by atoms with Gasteiger partial charge < -0.3 is 19.2 Å². The van der Waals surface area contributed by atoms with E-state index in [-0.39, 0.29) is 19.6 Å². The van der Waals surface area contributed by atoms with Gasteiger partial charge in [0.15, 0.2) is 0 Å². The molecule has 0 aliphatic carbocycles. The minimum absolute atomic E-state index is 0.0358. The molecule has 0 atom stereocenters. The van der Waals surface area contributed by atoms with E-state index in [0.29, 0.717) is 29.2 Å². The molecule has 6 nitrogen and oxygen atoms in total. The van der Waals surface area contributed by atoms with Crippen molar-refractivity contribution >= 4 is 22.6 Å². The molecule has 0 spiro atoms. The van der Waals surface area contributed by atoms with Crippen LogP contribution in [0.4, 0.5) is 13.2 Å². The third-order valence-electron chi connectivity index (χ3n) is 5.64. The number of hydrogen-bond donors (Lipinski definition) is 1. The number of oxime groups is 1. The van der Waals surface area contributed by atoms with E-state index < -0.39 is 17.7 Å². The quantitative estimate of drug-likeness (QED) is 0.205. The van der Waals surface area contributed by atoms with Gasteiger partial charge in [-0.05, 0) is 48.4 Å². The van der Waals surface area contributed by atoms with Gasteiger partial charge in [-0.3, -0.25) is 4.79 Å². The maximum absolute atomic E-state index is 13.2. The highest BCUT2D eigenvalue weighted by molar-refractivity contribution is 6.11. The van der Waals surface area contributed by atoms with Gasteiger partial charge in [-0.25, -0.2) is 0 Å². The minimum Gasteiger partial charge on any atom is -0.487 e. The molecule has 1 heterocycles. The second-order valence-electron chi connectivity index (χ2n) is 8.35. The molecule has 0 aliphatic rings. The number of rotatable bonds is 10. The molecule has 192 valence electrons. The van der Waals surface area contributed by atoms with Crippen LogP contribution in [-0.4, -0.2) is 34.6 Å². The molecule has 9 heteroatoms. The maximum atomic E-state index is 13.2. The number of fused-ring (bicyclic) bond motifs is 1. The van der Waals surface area contributed by atoms with E-state index in [1.165, 1.54) is 6.07 Å². The zero-order chi connectivity index (χ0) is 26.4. The summed E-state index contributed by atoms with van der Waals surface area (Å²) in [6.07, 6.45) is -2.72. The SMILES string of the molecule is CCO/N=C(\COc1cccc(CC(=O)O)c1)c1cn(Cc2cccc(C(F)(F)F)c2)c2ccccc12. The fraction of sp³-hybridized carbons (Fsp3) is 0.214. The molecular weight excluding hydrogens is 485 g/mol. The van der Waals surface area contributed by atoms with Gasteiger partial charge in [0, 0.05) is 29.2 Å². The minimum atomic E-state index is -4.42. The van der Waals surface area contributed by atoms with Gasteiger partial charge in [0.2, 0.25) is 0 Å². The Balaban J connectivity index is 1.65. The number of aliphatic carboxylic acids is 1. The van der Waals surface area contributed by atoms with E-state index >= 15 is 0 Å². The van der Waals surface area contributed by atoms with E-state index in [0.717, 1.165) is 28.6 Å². The lowest BCUT2D eigenvalue weighted by Gasteiger charge is -2.10. The molecule has 3 aromatic carbocycles. The molecule has 1 aromatic heterocycles. The molecule has 37 heavy (non-hydrogen) atoms. The van der Waals surface area contributed by atoms with E-state index in [9.17, 15) is 18.0 Å². The van der Waals surface area contributed by atoms with E-state index in [1.54, 1.807) is 37.3 Å². The van der Waals surface area contributed by atoms with Crippen molar-refractivity contribution in [2.75, 3.05) is 13.2 Å². The second kappa shape index (κ2) is 11.2. The lowest BCUT2D eigenvalue weighted by molar-refractivity contribution is -0.138. The first-order valence-electron chi connectivity index (χ1n) is 11.6. The van der Waals surface area contributed by atoms with Gasteiger partial charge in [-0.2, -0.15) is 13.2 Å². The molecule has 0 bridgehead atoms. The molecule has 0 amide bonds. The third kappa shape index (κ3) is 6.49. The third-order valence-corrected chi connectivity index (χ3v) is 5.64. The molecule has 0 saturated carbocycles. The molecule has 0 radical (unpaired) electrons. The number of hydrogen-bond acceptors (Lipinski definition) is 4. The highest BCUT2D eigenvalue weighted by atomic mass is 19.4. The summed E-state index contributed by atoms with van der Waals surface area (Å²) in [7, 11) is 0. The number of carboxylic acid groups (broad SMARTS) is 1. The van der Waals surface area contributed by atoms with E-state index in [1.807, 2.05) is 35.0 Å². The summed E-state index contributed by atoms with van der Waals surface area (Å²) in [5.74, 6) is -0.458. The Labute approximate surface area is 211 Å². The molecule has 4 aromatic rings. The van der Waals surface area contributed by atoms with E-state index in [2.05, 4.69) is 5.16 Å². The van der Waals surface area contributed by atoms with Crippen molar-refractivity contribution in [2.45, 2.75) is 26.1 Å². The molecule has 1 N–H and O–H groups in total. The zero-order valence-corrected chi connectivity index (χ0v) is 20.0. The molecule has 0 saturated heterocycles. The fourth-order valence-electron chi connectivity index (χ4n) is 4.02. The standard InChI is InChI=1S/C28H25F3N2O4/c1-2-37-32-25(18-36-22-10-6-7-19(14-22)15-27(34)35)24-17-33(26-12-4-3-11-23(24)26)16-20-8-5-9-21(13-20)28(29,30)31/h3-14,17H,2,15-16,18H2,1H3,(H,34,35)/b32-25+. The Hall–Kier alpha value is -4.27. The molecular formula is C28H25F3N2O4. The summed E-state index contributed by atoms with van der Waals surface area (Å²) in [5.41, 5.74) is 2.45. The van der Waals surface area contributed by atoms with Gasteiger partial charge in [0.25, 0.3) is 0 Å². The Kier molecular flexibility index (Phi) is 7.81. The highest BCUT2D eigenvalue weighted by Gasteiger charge is 2.30. The topological polar surface area (TPSA) is 73.1 Å². The van der Waals surface area contributed by atoms with Crippen molar-refractivity contribution in [1.29, 1.82) is 0 Å². The first-order valence-corrected chi connectivity index (χ1v) is 11.6. The van der Waals surface area contributed by atoms with Crippen LogP contribution in [0.3, 0.4) is 0 Å². The van der Waals surface area contributed by atoms with Crippen LogP contribution in [0.25, 0.3) is 10.9 Å². The molecule has 0 unspecified atom stereocenters. The van der Waals surface area contributed by atoms with Crippen LogP contribution >= 0.6 is 0 Å². The van der Waals surface area contributed by atoms with Crippen molar-refractivity contribution < 1.29 is 32.6 Å². The molecule has 0 aliphatic heterocycles. The number of para-hydroxylation sites is 1. The van der Waals surface area contributed by atoms with Gasteiger partial charge in [-0.15, -0.1) is 0 Å². The first kappa shape index (κ1) is 25.8. The second-order valence-corrected chi connectivity index (χ2v) is 8.35. The lowest BCUT2D eigenvalue weighted by Crippen LogP contribution is -2.14. The highest BCUT2D eigenvalue weighted by Crippen LogP contribution is 2.30. The smallest absolute Gasteiger partial charge is 0.416 e. The number of halogens is 3. The molecule has 4 rings (SSSR count). The Morgan fingerprint density at radius 1 is 1.00 bits per heavy atom. The number of benzene rings is 3. The van der Waals surface area contributed by atoms with Crippen LogP contribution in [0.2, 0.25) is 0 Å². The molecule has 0 fully saturated rings. The first-order chi connectivity index (χ1) is 17.7. The van der Waals surface area contributed by atoms with Gasteiger partial charge in [0.05, 0.1) is 12.0 Å². The average molecular weight is 511 g/mol. The normalized spacial score (nSPS) is 12.1. The Morgan fingerprint density at radius 3 is 2.51 bits per heavy atom. The summed E-state index contributed by atoms with van der Waals surface area (Å²) >= 11 is 0. The summed E-state index contributed by atoms with van der Waals surface area (Å²) in [6, 6.07) is 19.6. The van der Waals surface area contributed by atoms with Crippen LogP contribution in [0.5, 0.6) is 5.75 Å². The summed E-state index contributed by atoms with van der Waals surface area (Å²) in [5, 5.41) is 14.1. The van der Waals surface area contributed by atoms with Crippen molar-refractivity contribution in [3.63, 3.8) is 0 Å². The van der Waals surface area contributed by atoms with Gasteiger partial charge in [-0.1, -0.05) is 47.6 Å². The van der Waals surface area contributed by atoms with Crippen LogP contribution in [-0.2, 0) is 28.8 Å². The number of nitrogens with zero attached hydrogens (tertiary/aromatic N) is 2. The number of aromatic nitrogens is 1. The van der Waals surface area contributed by atoms with Crippen LogP contribution in [0.15, 0.2) is 84.1 Å². The van der Waals surface area contributed by atoms with Crippen molar-refractivity contribution in [2.24, 2.45) is 5.16 Å². The van der Waals surface area contributed by atoms with Gasteiger partial charge in [0.1, 0.15) is 24.7 Å². The largest absolute Gasteiger partial charge is 0.487 e. The number of ether oxygens (including phenoxy) is 1. The average Bonchev–Trinajstić information content (AvgIpc) is 3.22. The number of alkyl halides is 3. The monoisotopic (exact) mass is 510 g/mol. The van der Waals surface area contributed by atoms with Crippen LogP contribution < -0.4 is 4.74 Å². The van der Waals surface area contributed by atoms with Crippen molar-refractivity contribution in [1.82, 2.24) is 4.57 Å². The van der Waals surface area contributed by atoms with Crippen molar-refractivity contribution in [3.05, 3.63) is 101 Å². The number of carbonyl (C=O) groups is 1. The van der Waals surface area contributed by atoms with Crippen LogP contribution in [0, 0.1) is 0 Å². The van der Waals surface area contributed by atoms with Gasteiger partial charge >= 0.3 is 12.1 Å². The predicted octanol–water partition coefficient (Wildman–Crippen LogP) is 6.16. The lowest BCUT2D eigenvalue weighted by atomic mass is 10.1. The Bertz CT molecular complexity index is 1430. The maximum Gasteiger partial charge on any atom is 0.416 e. The zero-order valence-electron chi connectivity index (χ0n) is 20.0. The predicted molar refractivity (Wildman–Crippen MR) is 134 cm³/mol. The van der Waals surface area contributed by atoms with Crippen molar-refractivity contribution in [3.8, 4) is 5.75 Å².